The molecule has 1 saturated carbocycles. The largest absolute Gasteiger partial charge is 0.489 e. The van der Waals surface area contributed by atoms with Crippen molar-refractivity contribution in [1.82, 2.24) is 15.2 Å². The molecule has 1 saturated heterocycles. The Morgan fingerprint density at radius 1 is 1.37 bits per heavy atom. The number of rotatable bonds is 8. The summed E-state index contributed by atoms with van der Waals surface area (Å²) in [5.74, 6) is -0.0908. The number of nitrogens with one attached hydrogen (secondary N) is 1. The molecule has 0 radical (unpaired) electrons. The highest BCUT2D eigenvalue weighted by Gasteiger charge is 2.30. The first kappa shape index (κ1) is 20.1. The number of hydrogen-bond acceptors (Lipinski definition) is 7. The number of nitrogens with two attached hydrogens (primary N) is 1. The molecule has 3 N–H and O–H groups in total. The van der Waals surface area contributed by atoms with Crippen LogP contribution in [0.1, 0.15) is 29.1 Å². The minimum atomic E-state index is -2.99. The average Bonchev–Trinajstić information content (AvgIpc) is 3.28. The van der Waals surface area contributed by atoms with Crippen LogP contribution < -0.4 is 20.5 Å². The first-order valence-electron chi connectivity index (χ1n) is 9.42. The lowest BCUT2D eigenvalue weighted by molar-refractivity contribution is -0.118. The van der Waals surface area contributed by atoms with E-state index in [1.54, 1.807) is 0 Å². The standard InChI is InChI=1S/C19H20F2N4O5/c20-19(21)30-12-4-3-11(5-13(12)28-8-10-1-2-10)17-24-16(14(6-22)29-17)18(27)25-7-15(26)23-9-25/h3-5,10,19H,1-2,6-9,22H2,(H,23,26). The first-order chi connectivity index (χ1) is 14.4. The molecule has 0 unspecified atom stereocenters. The molecule has 2 heterocycles. The van der Waals surface area contributed by atoms with E-state index in [-0.39, 0.29) is 54.5 Å². The zero-order valence-electron chi connectivity index (χ0n) is 15.9. The normalized spacial score (nSPS) is 16.1. The number of carbonyl (C=O) groups excluding carboxylic acids is 2. The Kier molecular flexibility index (Phi) is 5.53. The maximum Gasteiger partial charge on any atom is 0.387 e. The Balaban J connectivity index is 1.62. The van der Waals surface area contributed by atoms with Gasteiger partial charge in [0.05, 0.1) is 19.8 Å². The minimum Gasteiger partial charge on any atom is -0.489 e. The quantitative estimate of drug-likeness (QED) is 0.665. The Bertz CT molecular complexity index is 960. The predicted molar refractivity (Wildman–Crippen MR) is 98.7 cm³/mol. The third kappa shape index (κ3) is 4.35. The zero-order chi connectivity index (χ0) is 21.3. The van der Waals surface area contributed by atoms with Crippen molar-refractivity contribution in [1.29, 1.82) is 0 Å². The molecule has 1 aliphatic heterocycles. The van der Waals surface area contributed by atoms with Gasteiger partial charge >= 0.3 is 6.61 Å². The predicted octanol–water partition coefficient (Wildman–Crippen LogP) is 1.72. The molecule has 11 heteroatoms. The van der Waals surface area contributed by atoms with Crippen molar-refractivity contribution in [2.75, 3.05) is 19.8 Å². The van der Waals surface area contributed by atoms with Gasteiger partial charge in [-0.05, 0) is 37.0 Å². The lowest BCUT2D eigenvalue weighted by atomic mass is 10.2. The second kappa shape index (κ2) is 8.27. The summed E-state index contributed by atoms with van der Waals surface area (Å²) in [6, 6.07) is 4.28. The molecule has 0 bridgehead atoms. The van der Waals surface area contributed by atoms with Crippen molar-refractivity contribution < 1.29 is 32.3 Å². The molecule has 1 aromatic carbocycles. The lowest BCUT2D eigenvalue weighted by Gasteiger charge is -2.12. The maximum atomic E-state index is 12.7. The fourth-order valence-electron chi connectivity index (χ4n) is 2.98. The summed E-state index contributed by atoms with van der Waals surface area (Å²) in [6.45, 7) is -2.69. The van der Waals surface area contributed by atoms with Gasteiger partial charge in [-0.25, -0.2) is 4.98 Å². The van der Waals surface area contributed by atoms with E-state index in [9.17, 15) is 18.4 Å². The third-order valence-electron chi connectivity index (χ3n) is 4.75. The van der Waals surface area contributed by atoms with Crippen molar-refractivity contribution in [2.45, 2.75) is 26.0 Å². The summed E-state index contributed by atoms with van der Waals surface area (Å²) in [5, 5.41) is 2.54. The van der Waals surface area contributed by atoms with Crippen LogP contribution in [0.5, 0.6) is 11.5 Å². The van der Waals surface area contributed by atoms with Crippen LogP contribution in [0.2, 0.25) is 0 Å². The Hall–Kier alpha value is -3.21. The molecule has 9 nitrogen and oxygen atoms in total. The second-order valence-electron chi connectivity index (χ2n) is 7.05. The van der Waals surface area contributed by atoms with Gasteiger partial charge < -0.3 is 29.8 Å². The highest BCUT2D eigenvalue weighted by Crippen LogP contribution is 2.36. The van der Waals surface area contributed by atoms with Crippen LogP contribution in [0, 0.1) is 5.92 Å². The van der Waals surface area contributed by atoms with Crippen molar-refractivity contribution in [3.8, 4) is 23.0 Å². The molecule has 2 aromatic rings. The third-order valence-corrected chi connectivity index (χ3v) is 4.75. The fourth-order valence-corrected chi connectivity index (χ4v) is 2.98. The van der Waals surface area contributed by atoms with Crippen LogP contribution in [0.25, 0.3) is 11.5 Å². The molecular weight excluding hydrogens is 402 g/mol. The van der Waals surface area contributed by atoms with Gasteiger partial charge in [0, 0.05) is 5.56 Å². The molecule has 0 spiro atoms. The van der Waals surface area contributed by atoms with Crippen LogP contribution in [0.4, 0.5) is 8.78 Å². The highest BCUT2D eigenvalue weighted by atomic mass is 19.3. The SMILES string of the molecule is NCc1oc(-c2ccc(OC(F)F)c(OCC3CC3)c2)nc1C(=O)N1CNC(=O)C1. The summed E-state index contributed by atoms with van der Waals surface area (Å²) in [4.78, 5) is 29.6. The van der Waals surface area contributed by atoms with Crippen molar-refractivity contribution in [3.63, 3.8) is 0 Å². The number of oxazole rings is 1. The van der Waals surface area contributed by atoms with Gasteiger partial charge in [-0.3, -0.25) is 9.59 Å². The van der Waals surface area contributed by atoms with E-state index in [4.69, 9.17) is 14.9 Å². The van der Waals surface area contributed by atoms with E-state index in [2.05, 4.69) is 15.0 Å². The lowest BCUT2D eigenvalue weighted by Crippen LogP contribution is -2.30. The summed E-state index contributed by atoms with van der Waals surface area (Å²) < 4.78 is 41.2. The molecule has 0 atom stereocenters. The number of halogens is 2. The van der Waals surface area contributed by atoms with Crippen LogP contribution >= 0.6 is 0 Å². The monoisotopic (exact) mass is 422 g/mol. The fraction of sp³-hybridized carbons (Fsp3) is 0.421. The van der Waals surface area contributed by atoms with Crippen LogP contribution in [-0.2, 0) is 11.3 Å². The topological polar surface area (TPSA) is 120 Å². The van der Waals surface area contributed by atoms with Gasteiger partial charge in [0.15, 0.2) is 23.0 Å². The first-order valence-corrected chi connectivity index (χ1v) is 9.42. The summed E-state index contributed by atoms with van der Waals surface area (Å²) in [7, 11) is 0. The van der Waals surface area contributed by atoms with Gasteiger partial charge in [0.2, 0.25) is 11.8 Å². The number of alkyl halides is 2. The molecule has 1 aliphatic carbocycles. The van der Waals surface area contributed by atoms with E-state index in [1.165, 1.54) is 23.1 Å². The smallest absolute Gasteiger partial charge is 0.387 e. The van der Waals surface area contributed by atoms with E-state index < -0.39 is 12.5 Å². The van der Waals surface area contributed by atoms with Crippen molar-refractivity contribution >= 4 is 11.8 Å². The van der Waals surface area contributed by atoms with Crippen LogP contribution in [-0.4, -0.2) is 48.1 Å². The van der Waals surface area contributed by atoms with Gasteiger partial charge in [-0.15, -0.1) is 0 Å². The number of benzene rings is 1. The van der Waals surface area contributed by atoms with E-state index in [0.717, 1.165) is 12.8 Å². The molecule has 2 amide bonds. The number of hydrogen-bond donors (Lipinski definition) is 2. The second-order valence-corrected chi connectivity index (χ2v) is 7.05. The number of carbonyl (C=O) groups is 2. The molecule has 30 heavy (non-hydrogen) atoms. The van der Waals surface area contributed by atoms with Crippen LogP contribution in [0.15, 0.2) is 22.6 Å². The van der Waals surface area contributed by atoms with Gasteiger partial charge in [-0.1, -0.05) is 0 Å². The van der Waals surface area contributed by atoms with E-state index in [1.807, 2.05) is 0 Å². The molecule has 2 fully saturated rings. The average molecular weight is 422 g/mol. The van der Waals surface area contributed by atoms with E-state index in [0.29, 0.717) is 18.1 Å². The summed E-state index contributed by atoms with van der Waals surface area (Å²) >= 11 is 0. The maximum absolute atomic E-state index is 12.7. The van der Waals surface area contributed by atoms with Crippen LogP contribution in [0.3, 0.4) is 0 Å². The summed E-state index contributed by atoms with van der Waals surface area (Å²) in [5.41, 5.74) is 6.09. The molecule has 2 aliphatic rings. The number of aromatic nitrogens is 1. The Morgan fingerprint density at radius 2 is 2.17 bits per heavy atom. The zero-order valence-corrected chi connectivity index (χ0v) is 15.9. The molecule has 4 rings (SSSR count). The molecule has 160 valence electrons. The van der Waals surface area contributed by atoms with Gasteiger partial charge in [0.25, 0.3) is 5.91 Å². The van der Waals surface area contributed by atoms with E-state index >= 15 is 0 Å². The number of ether oxygens (including phenoxy) is 2. The summed E-state index contributed by atoms with van der Waals surface area (Å²) in [6.07, 6.45) is 2.06. The molecular formula is C19H20F2N4O5. The van der Waals surface area contributed by atoms with Gasteiger partial charge in [0.1, 0.15) is 6.54 Å². The Labute approximate surface area is 170 Å². The molecule has 1 aromatic heterocycles. The Morgan fingerprint density at radius 3 is 2.80 bits per heavy atom. The van der Waals surface area contributed by atoms with Crippen molar-refractivity contribution in [2.24, 2.45) is 11.7 Å². The highest BCUT2D eigenvalue weighted by molar-refractivity contribution is 5.97. The van der Waals surface area contributed by atoms with Crippen molar-refractivity contribution in [3.05, 3.63) is 29.7 Å². The number of nitrogens with zero attached hydrogens (tertiary/aromatic N) is 2. The number of amides is 2. The minimum absolute atomic E-state index is 0.00245. The van der Waals surface area contributed by atoms with Gasteiger partial charge in [-0.2, -0.15) is 8.78 Å².